The van der Waals surface area contributed by atoms with Crippen molar-refractivity contribution in [1.82, 2.24) is 5.32 Å². The number of aliphatic hydroxyl groups is 2. The van der Waals surface area contributed by atoms with Gasteiger partial charge < -0.3 is 15.5 Å². The number of hydrogen-bond acceptors (Lipinski definition) is 4. The van der Waals surface area contributed by atoms with Gasteiger partial charge >= 0.3 is 0 Å². The Morgan fingerprint density at radius 2 is 1.52 bits per heavy atom. The van der Waals surface area contributed by atoms with E-state index >= 15 is 0 Å². The fraction of sp³-hybridized carbons (Fsp3) is 0.222. The van der Waals surface area contributed by atoms with Crippen molar-refractivity contribution >= 4 is 11.7 Å². The van der Waals surface area contributed by atoms with Crippen molar-refractivity contribution in [2.45, 2.75) is 19.1 Å². The number of ketones is 1. The summed E-state index contributed by atoms with van der Waals surface area (Å²) < 4.78 is 0. The summed E-state index contributed by atoms with van der Waals surface area (Å²) in [6.07, 6.45) is -2.25. The van der Waals surface area contributed by atoms with E-state index in [1.807, 2.05) is 6.07 Å². The van der Waals surface area contributed by atoms with Crippen LogP contribution in [0, 0.1) is 0 Å². The predicted molar refractivity (Wildman–Crippen MR) is 86.0 cm³/mol. The van der Waals surface area contributed by atoms with Crippen LogP contribution >= 0.6 is 0 Å². The number of hydrogen-bond donors (Lipinski definition) is 3. The maximum Gasteiger partial charge on any atom is 0.216 e. The van der Waals surface area contributed by atoms with Gasteiger partial charge in [0, 0.05) is 24.6 Å². The molecule has 0 radical (unpaired) electrons. The zero-order chi connectivity index (χ0) is 16.8. The molecular weight excluding hydrogens is 294 g/mol. The molecule has 0 spiro atoms. The first-order valence-corrected chi connectivity index (χ1v) is 7.29. The van der Waals surface area contributed by atoms with E-state index in [4.69, 9.17) is 0 Å². The summed E-state index contributed by atoms with van der Waals surface area (Å²) in [4.78, 5) is 23.1. The van der Waals surface area contributed by atoms with E-state index in [-0.39, 0.29) is 18.2 Å². The molecule has 2 unspecified atom stereocenters. The van der Waals surface area contributed by atoms with E-state index in [1.165, 1.54) is 6.92 Å². The first kappa shape index (κ1) is 16.9. The van der Waals surface area contributed by atoms with E-state index in [0.29, 0.717) is 16.7 Å². The molecule has 2 atom stereocenters. The smallest absolute Gasteiger partial charge is 0.216 e. The third kappa shape index (κ3) is 4.48. The minimum Gasteiger partial charge on any atom is -0.388 e. The summed E-state index contributed by atoms with van der Waals surface area (Å²) in [5, 5.41) is 22.4. The molecular formula is C18H19NO4. The van der Waals surface area contributed by atoms with E-state index in [9.17, 15) is 19.8 Å². The minimum absolute atomic E-state index is 0.0405. The van der Waals surface area contributed by atoms with Crippen molar-refractivity contribution in [3.8, 4) is 0 Å². The fourth-order valence-corrected chi connectivity index (χ4v) is 2.17. The van der Waals surface area contributed by atoms with Crippen LogP contribution in [0.2, 0.25) is 0 Å². The van der Waals surface area contributed by atoms with Crippen LogP contribution in [0.25, 0.3) is 0 Å². The monoisotopic (exact) mass is 313 g/mol. The van der Waals surface area contributed by atoms with Crippen LogP contribution in [0.15, 0.2) is 54.6 Å². The van der Waals surface area contributed by atoms with Gasteiger partial charge in [-0.1, -0.05) is 54.6 Å². The lowest BCUT2D eigenvalue weighted by Crippen LogP contribution is -2.34. The molecule has 0 bridgehead atoms. The minimum atomic E-state index is -1.14. The number of benzene rings is 2. The fourth-order valence-electron chi connectivity index (χ4n) is 2.17. The van der Waals surface area contributed by atoms with Crippen LogP contribution in [-0.4, -0.2) is 34.6 Å². The lowest BCUT2D eigenvalue weighted by molar-refractivity contribution is -0.119. The number of rotatable bonds is 6. The van der Waals surface area contributed by atoms with E-state index < -0.39 is 12.2 Å². The third-order valence-electron chi connectivity index (χ3n) is 3.47. The Labute approximate surface area is 134 Å². The molecule has 0 saturated carbocycles. The van der Waals surface area contributed by atoms with Crippen molar-refractivity contribution in [3.05, 3.63) is 71.3 Å². The van der Waals surface area contributed by atoms with Gasteiger partial charge in [0.05, 0.1) is 0 Å². The summed E-state index contributed by atoms with van der Waals surface area (Å²) >= 11 is 0. The van der Waals surface area contributed by atoms with Crippen molar-refractivity contribution in [3.63, 3.8) is 0 Å². The van der Waals surface area contributed by atoms with Gasteiger partial charge in [-0.15, -0.1) is 0 Å². The number of nitrogens with one attached hydrogen (secondary N) is 1. The van der Waals surface area contributed by atoms with Crippen LogP contribution in [0.5, 0.6) is 0 Å². The lowest BCUT2D eigenvalue weighted by atomic mass is 9.99. The molecule has 5 heteroatoms. The number of carbonyl (C=O) groups excluding carboxylic acids is 2. The van der Waals surface area contributed by atoms with Gasteiger partial charge in [0.25, 0.3) is 0 Å². The molecule has 0 aliphatic carbocycles. The molecule has 1 amide bonds. The second-order valence-corrected chi connectivity index (χ2v) is 5.27. The van der Waals surface area contributed by atoms with Crippen LogP contribution in [0.3, 0.4) is 0 Å². The Balaban J connectivity index is 2.07. The highest BCUT2D eigenvalue weighted by Gasteiger charge is 2.19. The van der Waals surface area contributed by atoms with Crippen molar-refractivity contribution in [2.75, 3.05) is 6.54 Å². The molecule has 0 aliphatic heterocycles. The van der Waals surface area contributed by atoms with Gasteiger partial charge in [-0.05, 0) is 5.56 Å². The first-order chi connectivity index (χ1) is 11.0. The van der Waals surface area contributed by atoms with Gasteiger partial charge in [-0.2, -0.15) is 0 Å². The lowest BCUT2D eigenvalue weighted by Gasteiger charge is -2.18. The van der Waals surface area contributed by atoms with Crippen molar-refractivity contribution in [1.29, 1.82) is 0 Å². The average molecular weight is 313 g/mol. The highest BCUT2D eigenvalue weighted by atomic mass is 16.3. The normalized spacial score (nSPS) is 13.2. The number of amides is 1. The highest BCUT2D eigenvalue weighted by Crippen LogP contribution is 2.18. The molecule has 0 aliphatic rings. The van der Waals surface area contributed by atoms with Gasteiger partial charge in [-0.25, -0.2) is 0 Å². The molecule has 5 nitrogen and oxygen atoms in total. The van der Waals surface area contributed by atoms with Crippen LogP contribution in [0.4, 0.5) is 0 Å². The Bertz CT molecular complexity index is 667. The van der Waals surface area contributed by atoms with Crippen LogP contribution < -0.4 is 5.32 Å². The van der Waals surface area contributed by atoms with E-state index in [0.717, 1.165) is 0 Å². The molecule has 0 heterocycles. The van der Waals surface area contributed by atoms with E-state index in [1.54, 1.807) is 48.5 Å². The summed E-state index contributed by atoms with van der Waals surface area (Å²) in [6.45, 7) is 1.30. The van der Waals surface area contributed by atoms with Gasteiger partial charge in [0.15, 0.2) is 5.78 Å². The summed E-state index contributed by atoms with van der Waals surface area (Å²) in [6, 6.07) is 15.3. The third-order valence-corrected chi connectivity index (χ3v) is 3.47. The molecule has 2 rings (SSSR count). The average Bonchev–Trinajstić information content (AvgIpc) is 2.59. The Kier molecular flexibility index (Phi) is 5.62. The van der Waals surface area contributed by atoms with Crippen molar-refractivity contribution in [2.24, 2.45) is 0 Å². The molecule has 3 N–H and O–H groups in total. The summed E-state index contributed by atoms with van der Waals surface area (Å²) in [5.41, 5.74) is 1.57. The molecule has 0 saturated heterocycles. The second-order valence-electron chi connectivity index (χ2n) is 5.27. The topological polar surface area (TPSA) is 86.6 Å². The van der Waals surface area contributed by atoms with Crippen LogP contribution in [0.1, 0.15) is 34.5 Å². The maximum absolute atomic E-state index is 12.3. The molecule has 120 valence electrons. The van der Waals surface area contributed by atoms with Gasteiger partial charge in [0.2, 0.25) is 5.91 Å². The zero-order valence-electron chi connectivity index (χ0n) is 12.8. The number of carbonyl (C=O) groups is 2. The Morgan fingerprint density at radius 1 is 0.957 bits per heavy atom. The van der Waals surface area contributed by atoms with E-state index in [2.05, 4.69) is 5.32 Å². The number of aliphatic hydroxyl groups excluding tert-OH is 2. The van der Waals surface area contributed by atoms with Gasteiger partial charge in [0.1, 0.15) is 12.2 Å². The maximum atomic E-state index is 12.3. The first-order valence-electron chi connectivity index (χ1n) is 7.29. The van der Waals surface area contributed by atoms with Gasteiger partial charge in [-0.3, -0.25) is 9.59 Å². The SMILES string of the molecule is CC(=O)NCC(O)C(O)c1ccc(C(=O)c2ccccc2)cc1. The largest absolute Gasteiger partial charge is 0.388 e. The Morgan fingerprint density at radius 3 is 2.09 bits per heavy atom. The molecule has 0 aromatic heterocycles. The Hall–Kier alpha value is -2.50. The van der Waals surface area contributed by atoms with Crippen LogP contribution in [-0.2, 0) is 4.79 Å². The zero-order valence-corrected chi connectivity index (χ0v) is 12.8. The molecule has 2 aromatic carbocycles. The quantitative estimate of drug-likeness (QED) is 0.705. The standard InChI is InChI=1S/C18H19NO4/c1-12(20)19-11-16(21)18(23)15-9-7-14(8-10-15)17(22)13-5-3-2-4-6-13/h2-10,16,18,21,23H,11H2,1H3,(H,19,20). The predicted octanol–water partition coefficient (Wildman–Crippen LogP) is 1.45. The highest BCUT2D eigenvalue weighted by molar-refractivity contribution is 6.08. The second kappa shape index (κ2) is 7.67. The molecule has 23 heavy (non-hydrogen) atoms. The van der Waals surface area contributed by atoms with Crippen molar-refractivity contribution < 1.29 is 19.8 Å². The summed E-state index contributed by atoms with van der Waals surface area (Å²) in [7, 11) is 0. The molecule has 2 aromatic rings. The summed E-state index contributed by atoms with van der Waals surface area (Å²) in [5.74, 6) is -0.384. The molecule has 0 fully saturated rings.